The minimum absolute atomic E-state index is 0.491. The summed E-state index contributed by atoms with van der Waals surface area (Å²) in [6.45, 7) is 8.15. The Morgan fingerprint density at radius 3 is 2.54 bits per heavy atom. The molecule has 0 radical (unpaired) electrons. The average Bonchev–Trinajstić information content (AvgIpc) is 3.43. The fourth-order valence-electron chi connectivity index (χ4n) is 4.72. The van der Waals surface area contributed by atoms with Crippen LogP contribution in [0.3, 0.4) is 0 Å². The monoisotopic (exact) mass is 537 g/mol. The zero-order valence-corrected chi connectivity index (χ0v) is 23.6. The van der Waals surface area contributed by atoms with E-state index in [2.05, 4.69) is 90.9 Å². The van der Waals surface area contributed by atoms with Gasteiger partial charge in [-0.3, -0.25) is 9.97 Å². The number of benzene rings is 2. The van der Waals surface area contributed by atoms with E-state index in [9.17, 15) is 0 Å². The second-order valence-electron chi connectivity index (χ2n) is 9.67. The Kier molecular flexibility index (Phi) is 9.64. The highest BCUT2D eigenvalue weighted by Gasteiger charge is 2.14. The quantitative estimate of drug-likeness (QED) is 0.148. The number of nitrogens with two attached hydrogens (primary N) is 1. The van der Waals surface area contributed by atoms with E-state index in [4.69, 9.17) is 15.7 Å². The Labute approximate surface area is 242 Å². The van der Waals surface area contributed by atoms with Gasteiger partial charge in [0.1, 0.15) is 11.3 Å². The first-order valence-corrected chi connectivity index (χ1v) is 13.6. The molecule has 5 heteroatoms. The molecule has 0 bridgehead atoms. The van der Waals surface area contributed by atoms with Gasteiger partial charge in [0.2, 0.25) is 0 Å². The van der Waals surface area contributed by atoms with Crippen LogP contribution in [0.5, 0.6) is 0 Å². The summed E-state index contributed by atoms with van der Waals surface area (Å²) in [5, 5.41) is 0. The number of pyridine rings is 2. The molecule has 0 spiro atoms. The topological polar surface area (TPSA) is 80.5 Å². The first-order valence-electron chi connectivity index (χ1n) is 13.6. The minimum Gasteiger partial charge on any atom is -0.397 e. The molecule has 0 saturated heterocycles. The first kappa shape index (κ1) is 28.8. The number of aromatic nitrogens is 4. The van der Waals surface area contributed by atoms with Crippen LogP contribution in [0, 0.1) is 19.8 Å². The first-order chi connectivity index (χ1) is 20.0. The number of allylic oxidation sites excluding steroid dienone is 5. The van der Waals surface area contributed by atoms with Gasteiger partial charge in [-0.25, -0.2) is 4.98 Å². The van der Waals surface area contributed by atoms with Crippen LogP contribution in [0.15, 0.2) is 109 Å². The summed E-state index contributed by atoms with van der Waals surface area (Å²) in [5.41, 5.74) is 17.1. The van der Waals surface area contributed by atoms with E-state index >= 15 is 0 Å². The van der Waals surface area contributed by atoms with E-state index in [1.807, 2.05) is 49.5 Å². The van der Waals surface area contributed by atoms with Gasteiger partial charge >= 0.3 is 0 Å². The lowest BCUT2D eigenvalue weighted by Crippen LogP contribution is -2.03. The molecule has 3 heterocycles. The van der Waals surface area contributed by atoms with Crippen molar-refractivity contribution in [2.45, 2.75) is 33.1 Å². The van der Waals surface area contributed by atoms with Crippen LogP contribution >= 0.6 is 0 Å². The number of hydrogen-bond donors (Lipinski definition) is 2. The van der Waals surface area contributed by atoms with Gasteiger partial charge in [0, 0.05) is 11.8 Å². The molecule has 0 saturated carbocycles. The summed E-state index contributed by atoms with van der Waals surface area (Å²) in [4.78, 5) is 17.9. The van der Waals surface area contributed by atoms with Crippen molar-refractivity contribution in [2.75, 3.05) is 5.73 Å². The summed E-state index contributed by atoms with van der Waals surface area (Å²) in [6, 6.07) is 24.7. The maximum Gasteiger partial charge on any atom is 0.115 e. The van der Waals surface area contributed by atoms with Gasteiger partial charge in [-0.15, -0.1) is 12.8 Å². The molecule has 0 aliphatic heterocycles. The van der Waals surface area contributed by atoms with Crippen LogP contribution in [-0.2, 0) is 12.8 Å². The average molecular weight is 538 g/mol. The highest BCUT2D eigenvalue weighted by molar-refractivity contribution is 5.89. The van der Waals surface area contributed by atoms with Gasteiger partial charge in [0.05, 0.1) is 34.7 Å². The van der Waals surface area contributed by atoms with Crippen molar-refractivity contribution in [3.05, 3.63) is 138 Å². The number of hydrogen-bond acceptors (Lipinski definition) is 4. The molecule has 204 valence electrons. The summed E-state index contributed by atoms with van der Waals surface area (Å²) in [5.74, 6) is 0.801. The number of rotatable bonds is 9. The molecule has 0 amide bonds. The molecule has 3 aromatic heterocycles. The molecule has 0 fully saturated rings. The molecule has 0 aliphatic carbocycles. The smallest absolute Gasteiger partial charge is 0.115 e. The molecule has 0 atom stereocenters. The Bertz CT molecular complexity index is 1720. The molecule has 5 nitrogen and oxygen atoms in total. The van der Waals surface area contributed by atoms with Gasteiger partial charge in [-0.05, 0) is 73.7 Å². The maximum atomic E-state index is 6.38. The molecule has 0 aliphatic rings. The summed E-state index contributed by atoms with van der Waals surface area (Å²) >= 11 is 0. The zero-order valence-electron chi connectivity index (χ0n) is 23.6. The van der Waals surface area contributed by atoms with E-state index in [1.165, 1.54) is 16.7 Å². The Balaban J connectivity index is 0.00000189. The SMILES string of the molecule is C#C.C=C/C(=C\C(=C/C)c1ccc(N)c(Cc2nc3c(-c4cccc(C)c4)nccc3[nH]2)n1)CCc1ccccc1. The number of nitrogens with one attached hydrogen (secondary N) is 1. The van der Waals surface area contributed by atoms with Crippen LogP contribution in [0.4, 0.5) is 5.69 Å². The largest absolute Gasteiger partial charge is 0.397 e. The molecule has 5 rings (SSSR count). The standard InChI is InChI=1S/C34H33N5.C2H2/c1-4-24(14-15-25-11-7-6-8-12-25)21-26(5-2)29-17-16-28(35)31(37-29)22-32-38-30-18-19-36-33(34(30)39-32)27-13-9-10-23(3)20-27;1-2/h4-13,16-21H,1,14-15,22,35H2,2-3H3,(H,38,39);1-2H/b24-21+,26-5+;. The third kappa shape index (κ3) is 7.06. The molecule has 5 aromatic rings. The predicted molar refractivity (Wildman–Crippen MR) is 172 cm³/mol. The van der Waals surface area contributed by atoms with Crippen LogP contribution in [0.25, 0.3) is 27.9 Å². The number of aromatic amines is 1. The molecule has 3 N–H and O–H groups in total. The highest BCUT2D eigenvalue weighted by Crippen LogP contribution is 2.27. The van der Waals surface area contributed by atoms with E-state index < -0.39 is 0 Å². The lowest BCUT2D eigenvalue weighted by molar-refractivity contribution is 0.965. The number of aryl methyl sites for hydroxylation is 2. The van der Waals surface area contributed by atoms with E-state index in [0.717, 1.165) is 57.9 Å². The Morgan fingerprint density at radius 1 is 1.00 bits per heavy atom. The van der Waals surface area contributed by atoms with E-state index in [-0.39, 0.29) is 0 Å². The van der Waals surface area contributed by atoms with E-state index in [0.29, 0.717) is 12.1 Å². The number of nitrogens with zero attached hydrogens (tertiary/aromatic N) is 3. The van der Waals surface area contributed by atoms with Crippen molar-refractivity contribution in [3.8, 4) is 24.1 Å². The lowest BCUT2D eigenvalue weighted by Gasteiger charge is -2.09. The second kappa shape index (κ2) is 13.7. The molecule has 0 unspecified atom stereocenters. The Morgan fingerprint density at radius 2 is 1.80 bits per heavy atom. The van der Waals surface area contributed by atoms with Gasteiger partial charge in [-0.1, -0.05) is 72.8 Å². The van der Waals surface area contributed by atoms with Crippen molar-refractivity contribution < 1.29 is 0 Å². The normalized spacial score (nSPS) is 11.6. The van der Waals surface area contributed by atoms with Gasteiger partial charge < -0.3 is 10.7 Å². The molecular weight excluding hydrogens is 502 g/mol. The number of H-pyrrole nitrogens is 1. The van der Waals surface area contributed by atoms with Gasteiger partial charge in [0.25, 0.3) is 0 Å². The fraction of sp³-hybridized carbons (Fsp3) is 0.139. The molecule has 41 heavy (non-hydrogen) atoms. The van der Waals surface area contributed by atoms with Crippen LogP contribution in [-0.4, -0.2) is 19.9 Å². The number of terminal acetylenes is 1. The van der Waals surface area contributed by atoms with Crippen LogP contribution in [0.1, 0.15) is 41.7 Å². The number of fused-ring (bicyclic) bond motifs is 1. The van der Waals surface area contributed by atoms with Gasteiger partial charge in [0.15, 0.2) is 0 Å². The third-order valence-corrected chi connectivity index (χ3v) is 6.84. The second-order valence-corrected chi connectivity index (χ2v) is 9.67. The maximum absolute atomic E-state index is 6.38. The number of anilines is 1. The fourth-order valence-corrected chi connectivity index (χ4v) is 4.72. The zero-order chi connectivity index (χ0) is 29.2. The molecule has 2 aromatic carbocycles. The number of imidazole rings is 1. The third-order valence-electron chi connectivity index (χ3n) is 6.84. The van der Waals surface area contributed by atoms with Crippen molar-refractivity contribution in [1.82, 2.24) is 19.9 Å². The number of nitrogen functional groups attached to an aromatic ring is 1. The minimum atomic E-state index is 0.491. The van der Waals surface area contributed by atoms with Crippen molar-refractivity contribution >= 4 is 22.3 Å². The van der Waals surface area contributed by atoms with Crippen molar-refractivity contribution in [2.24, 2.45) is 0 Å². The molecular formula is C36H35N5. The summed E-state index contributed by atoms with van der Waals surface area (Å²) < 4.78 is 0. The highest BCUT2D eigenvalue weighted by atomic mass is 14.9. The van der Waals surface area contributed by atoms with Crippen LogP contribution in [0.2, 0.25) is 0 Å². The summed E-state index contributed by atoms with van der Waals surface area (Å²) in [6.07, 6.45) is 18.3. The summed E-state index contributed by atoms with van der Waals surface area (Å²) in [7, 11) is 0. The van der Waals surface area contributed by atoms with E-state index in [1.54, 1.807) is 0 Å². The lowest BCUT2D eigenvalue weighted by atomic mass is 10.0. The van der Waals surface area contributed by atoms with Crippen molar-refractivity contribution in [1.29, 1.82) is 0 Å². The Hall–Kier alpha value is -5.21. The predicted octanol–water partition coefficient (Wildman–Crippen LogP) is 7.90. The van der Waals surface area contributed by atoms with Crippen molar-refractivity contribution in [3.63, 3.8) is 0 Å². The van der Waals surface area contributed by atoms with Crippen LogP contribution < -0.4 is 5.73 Å². The van der Waals surface area contributed by atoms with Gasteiger partial charge in [-0.2, -0.15) is 0 Å².